The maximum atomic E-state index is 12.4. The first-order chi connectivity index (χ1) is 13.2. The minimum Gasteiger partial charge on any atom is -0.462 e. The minimum atomic E-state index is -1.17. The summed E-state index contributed by atoms with van der Waals surface area (Å²) in [7, 11) is 0. The summed E-state index contributed by atoms with van der Waals surface area (Å²) in [6.07, 6.45) is 0.270. The Kier molecular flexibility index (Phi) is 6.05. The lowest BCUT2D eigenvalue weighted by Gasteiger charge is -2.12. The van der Waals surface area contributed by atoms with E-state index in [0.29, 0.717) is 10.6 Å². The number of esters is 2. The molecule has 2 aromatic rings. The standard InChI is InChI=1S/C18H17Cl2NO5S2/c1-3-25-15(23)13-10(11-5-4-6-27-11)8-28-14(13)21-12(22)7-26-16(24)17(2)9-18(17,19)20/h4-6,8H,3,7,9H2,1-2H3,(H,21,22). The van der Waals surface area contributed by atoms with Gasteiger partial charge in [-0.25, -0.2) is 4.79 Å². The maximum absolute atomic E-state index is 12.4. The number of carbonyl (C=O) groups is 3. The van der Waals surface area contributed by atoms with Crippen LogP contribution in [-0.2, 0) is 19.1 Å². The van der Waals surface area contributed by atoms with E-state index in [-0.39, 0.29) is 18.6 Å². The Hall–Kier alpha value is -1.61. The van der Waals surface area contributed by atoms with Crippen LogP contribution in [0.1, 0.15) is 30.6 Å². The van der Waals surface area contributed by atoms with Gasteiger partial charge in [-0.3, -0.25) is 9.59 Å². The molecule has 1 aliphatic rings. The van der Waals surface area contributed by atoms with Gasteiger partial charge in [0.2, 0.25) is 0 Å². The third-order valence-electron chi connectivity index (χ3n) is 4.35. The van der Waals surface area contributed by atoms with Crippen molar-refractivity contribution >= 4 is 68.7 Å². The van der Waals surface area contributed by atoms with Crippen LogP contribution in [0.3, 0.4) is 0 Å². The summed E-state index contributed by atoms with van der Waals surface area (Å²) in [5.74, 6) is -1.74. The first-order valence-corrected chi connectivity index (χ1v) is 10.9. The van der Waals surface area contributed by atoms with Crippen molar-refractivity contribution in [3.05, 3.63) is 28.5 Å². The second kappa shape index (κ2) is 8.02. The van der Waals surface area contributed by atoms with Crippen LogP contribution < -0.4 is 5.32 Å². The number of halogens is 2. The first kappa shape index (κ1) is 21.1. The molecule has 150 valence electrons. The van der Waals surface area contributed by atoms with Gasteiger partial charge >= 0.3 is 11.9 Å². The van der Waals surface area contributed by atoms with E-state index in [9.17, 15) is 14.4 Å². The SMILES string of the molecule is CCOC(=O)c1c(-c2cccs2)csc1NC(=O)COC(=O)C1(C)CC1(Cl)Cl. The number of amides is 1. The molecular formula is C18H17Cl2NO5S2. The van der Waals surface area contributed by atoms with Gasteiger partial charge in [-0.05, 0) is 25.3 Å². The fourth-order valence-electron chi connectivity index (χ4n) is 2.54. The van der Waals surface area contributed by atoms with Crippen molar-refractivity contribution in [3.63, 3.8) is 0 Å². The molecule has 0 spiro atoms. The molecule has 0 aromatic carbocycles. The molecule has 1 fully saturated rings. The fraction of sp³-hybridized carbons (Fsp3) is 0.389. The average Bonchev–Trinajstić information content (AvgIpc) is 3.08. The largest absolute Gasteiger partial charge is 0.462 e. The van der Waals surface area contributed by atoms with Crippen LogP contribution >= 0.6 is 45.9 Å². The fourth-order valence-corrected chi connectivity index (χ4v) is 5.02. The van der Waals surface area contributed by atoms with E-state index >= 15 is 0 Å². The highest BCUT2D eigenvalue weighted by molar-refractivity contribution is 7.17. The van der Waals surface area contributed by atoms with Crippen molar-refractivity contribution in [2.75, 3.05) is 18.5 Å². The minimum absolute atomic E-state index is 0.209. The van der Waals surface area contributed by atoms with Gasteiger partial charge in [0.1, 0.15) is 20.3 Å². The molecule has 0 saturated heterocycles. The number of hydrogen-bond acceptors (Lipinski definition) is 7. The lowest BCUT2D eigenvalue weighted by Crippen LogP contribution is -2.27. The summed E-state index contributed by atoms with van der Waals surface area (Å²) < 4.78 is 9.00. The topological polar surface area (TPSA) is 81.7 Å². The smallest absolute Gasteiger partial charge is 0.341 e. The Morgan fingerprint density at radius 3 is 2.54 bits per heavy atom. The Bertz CT molecular complexity index is 909. The third-order valence-corrected chi connectivity index (χ3v) is 7.25. The Morgan fingerprint density at radius 2 is 1.96 bits per heavy atom. The number of alkyl halides is 2. The van der Waals surface area contributed by atoms with Gasteiger partial charge in [0.05, 0.1) is 6.61 Å². The van der Waals surface area contributed by atoms with E-state index in [0.717, 1.165) is 4.88 Å². The van der Waals surface area contributed by atoms with Crippen molar-refractivity contribution in [2.45, 2.75) is 24.6 Å². The second-order valence-corrected chi connectivity index (χ2v) is 9.70. The Labute approximate surface area is 179 Å². The number of anilines is 1. The van der Waals surface area contributed by atoms with E-state index in [1.54, 1.807) is 19.2 Å². The zero-order valence-corrected chi connectivity index (χ0v) is 18.2. The molecule has 6 nitrogen and oxygen atoms in total. The van der Waals surface area contributed by atoms with Crippen LogP contribution in [0.15, 0.2) is 22.9 Å². The molecular weight excluding hydrogens is 445 g/mol. The highest BCUT2D eigenvalue weighted by Crippen LogP contribution is 2.64. The molecule has 2 heterocycles. The summed E-state index contributed by atoms with van der Waals surface area (Å²) >= 11 is 14.6. The molecule has 0 radical (unpaired) electrons. The van der Waals surface area contributed by atoms with Gasteiger partial charge < -0.3 is 14.8 Å². The van der Waals surface area contributed by atoms with Crippen molar-refractivity contribution in [2.24, 2.45) is 5.41 Å². The van der Waals surface area contributed by atoms with Crippen LogP contribution in [-0.4, -0.2) is 35.4 Å². The molecule has 0 bridgehead atoms. The number of rotatable bonds is 7. The highest BCUT2D eigenvalue weighted by Gasteiger charge is 2.69. The molecule has 1 atom stereocenters. The zero-order valence-electron chi connectivity index (χ0n) is 15.0. The lowest BCUT2D eigenvalue weighted by molar-refractivity contribution is -0.152. The maximum Gasteiger partial charge on any atom is 0.341 e. The second-order valence-electron chi connectivity index (χ2n) is 6.39. The van der Waals surface area contributed by atoms with E-state index in [4.69, 9.17) is 32.7 Å². The van der Waals surface area contributed by atoms with Crippen molar-refractivity contribution in [1.29, 1.82) is 0 Å². The summed E-state index contributed by atoms with van der Waals surface area (Å²) in [6.45, 7) is 2.99. The first-order valence-electron chi connectivity index (χ1n) is 8.37. The van der Waals surface area contributed by atoms with Gasteiger partial charge in [0.15, 0.2) is 6.61 Å². The number of carbonyl (C=O) groups excluding carboxylic acids is 3. The monoisotopic (exact) mass is 461 g/mol. The quantitative estimate of drug-likeness (QED) is 0.476. The van der Waals surface area contributed by atoms with Crippen LogP contribution in [0.4, 0.5) is 5.00 Å². The molecule has 1 N–H and O–H groups in total. The number of hydrogen-bond donors (Lipinski definition) is 1. The molecule has 1 saturated carbocycles. The number of ether oxygens (including phenoxy) is 2. The molecule has 10 heteroatoms. The Morgan fingerprint density at radius 1 is 1.25 bits per heavy atom. The third kappa shape index (κ3) is 4.05. The van der Waals surface area contributed by atoms with E-state index in [1.165, 1.54) is 22.7 Å². The molecule has 2 aromatic heterocycles. The van der Waals surface area contributed by atoms with E-state index in [1.807, 2.05) is 17.5 Å². The van der Waals surface area contributed by atoms with Crippen LogP contribution in [0.5, 0.6) is 0 Å². The summed E-state index contributed by atoms with van der Waals surface area (Å²) in [5.41, 5.74) is -0.0455. The van der Waals surface area contributed by atoms with Gasteiger partial charge in [0, 0.05) is 22.2 Å². The van der Waals surface area contributed by atoms with Crippen molar-refractivity contribution in [1.82, 2.24) is 0 Å². The normalized spacial score (nSPS) is 19.7. The van der Waals surface area contributed by atoms with Gasteiger partial charge in [-0.1, -0.05) is 6.07 Å². The molecule has 3 rings (SSSR count). The Balaban J connectivity index is 1.70. The highest BCUT2D eigenvalue weighted by atomic mass is 35.5. The van der Waals surface area contributed by atoms with E-state index < -0.39 is 34.2 Å². The summed E-state index contributed by atoms with van der Waals surface area (Å²) in [5, 5.41) is 6.63. The van der Waals surface area contributed by atoms with Crippen LogP contribution in [0, 0.1) is 5.41 Å². The summed E-state index contributed by atoms with van der Waals surface area (Å²) in [6, 6.07) is 3.75. The predicted molar refractivity (Wildman–Crippen MR) is 110 cm³/mol. The van der Waals surface area contributed by atoms with Crippen molar-refractivity contribution in [3.8, 4) is 10.4 Å². The van der Waals surface area contributed by atoms with Crippen LogP contribution in [0.25, 0.3) is 10.4 Å². The molecule has 1 aliphatic carbocycles. The summed E-state index contributed by atoms with van der Waals surface area (Å²) in [4.78, 5) is 37.6. The molecule has 1 unspecified atom stereocenters. The predicted octanol–water partition coefficient (Wildman–Crippen LogP) is 4.72. The molecule has 1 amide bonds. The van der Waals surface area contributed by atoms with Gasteiger partial charge in [-0.15, -0.1) is 45.9 Å². The van der Waals surface area contributed by atoms with Crippen molar-refractivity contribution < 1.29 is 23.9 Å². The van der Waals surface area contributed by atoms with Gasteiger partial charge in [-0.2, -0.15) is 0 Å². The number of nitrogens with one attached hydrogen (secondary N) is 1. The number of thiophene rings is 2. The molecule has 28 heavy (non-hydrogen) atoms. The zero-order chi connectivity index (χ0) is 20.5. The molecule has 0 aliphatic heterocycles. The van der Waals surface area contributed by atoms with Crippen LogP contribution in [0.2, 0.25) is 0 Å². The van der Waals surface area contributed by atoms with Gasteiger partial charge in [0.25, 0.3) is 5.91 Å². The lowest BCUT2D eigenvalue weighted by atomic mass is 10.1. The average molecular weight is 462 g/mol. The van der Waals surface area contributed by atoms with E-state index in [2.05, 4.69) is 5.32 Å².